The van der Waals surface area contributed by atoms with Crippen LogP contribution < -0.4 is 20.7 Å². The largest absolute Gasteiger partial charge is 0.491 e. The standard InChI is InChI=1S/C22H22FN5O3/c1-3-20(29)25-16-5-4-6-17(13-16)26-21-19(23)14-24-22(28-21)27-15-7-9-18(10-8-15)31-12-11-30-2/h3-10,13-14H,1,11-12H2,2H3,(H,25,29)(H2,24,26,27,28)/i2D3,4D,5D,6D,11D2,12D2,13D,14D. The molecule has 8 nitrogen and oxygen atoms in total. The summed E-state index contributed by atoms with van der Waals surface area (Å²) < 4.78 is 116. The molecule has 1 amide bonds. The summed E-state index contributed by atoms with van der Waals surface area (Å²) in [6.45, 7) is -3.32. The van der Waals surface area contributed by atoms with E-state index in [0.29, 0.717) is 0 Å². The van der Waals surface area contributed by atoms with E-state index in [1.165, 1.54) is 24.3 Å². The summed E-state index contributed by atoms with van der Waals surface area (Å²) in [5, 5.41) is 7.19. The lowest BCUT2D eigenvalue weighted by molar-refractivity contribution is -0.111. The molecule has 1 heterocycles. The highest BCUT2D eigenvalue weighted by Crippen LogP contribution is 2.23. The number of ether oxygens (including phenoxy) is 2. The Bertz CT molecular complexity index is 1550. The van der Waals surface area contributed by atoms with Gasteiger partial charge in [0.2, 0.25) is 11.9 Å². The van der Waals surface area contributed by atoms with Gasteiger partial charge in [-0.1, -0.05) is 12.6 Å². The summed E-state index contributed by atoms with van der Waals surface area (Å²) in [4.78, 5) is 19.3. The van der Waals surface area contributed by atoms with Crippen molar-refractivity contribution in [3.05, 3.63) is 73.1 Å². The van der Waals surface area contributed by atoms with Gasteiger partial charge in [0.05, 0.1) is 29.2 Å². The van der Waals surface area contributed by atoms with Gasteiger partial charge in [-0.25, -0.2) is 9.37 Å². The molecule has 3 rings (SSSR count). The molecule has 0 radical (unpaired) electrons. The zero-order valence-corrected chi connectivity index (χ0v) is 15.6. The molecule has 0 bridgehead atoms. The molecule has 0 fully saturated rings. The summed E-state index contributed by atoms with van der Waals surface area (Å²) in [6, 6.07) is 2.27. The maximum absolute atomic E-state index is 14.8. The van der Waals surface area contributed by atoms with Crippen LogP contribution in [0.25, 0.3) is 0 Å². The number of anilines is 5. The van der Waals surface area contributed by atoms with Crippen LogP contribution in [-0.2, 0) is 9.53 Å². The van der Waals surface area contributed by atoms with E-state index in [0.717, 1.165) is 6.08 Å². The molecule has 160 valence electrons. The number of nitrogens with one attached hydrogen (secondary N) is 3. The van der Waals surface area contributed by atoms with Crippen molar-refractivity contribution in [3.63, 3.8) is 0 Å². The molecule has 2 aromatic carbocycles. The summed E-state index contributed by atoms with van der Waals surface area (Å²) in [5.74, 6) is -3.36. The number of carbonyl (C=O) groups is 1. The number of methoxy groups -OCH3 is 1. The van der Waals surface area contributed by atoms with E-state index in [1.807, 2.05) is 0 Å². The minimum Gasteiger partial charge on any atom is -0.491 e. The number of amides is 1. The number of halogens is 1. The second-order valence-electron chi connectivity index (χ2n) is 5.45. The average molecular weight is 436 g/mol. The molecular formula is C22H22FN5O3. The van der Waals surface area contributed by atoms with Crippen molar-refractivity contribution in [2.75, 3.05) is 36.1 Å². The zero-order valence-electron chi connectivity index (χ0n) is 27.6. The van der Waals surface area contributed by atoms with E-state index >= 15 is 0 Å². The van der Waals surface area contributed by atoms with Gasteiger partial charge in [-0.2, -0.15) is 4.98 Å². The van der Waals surface area contributed by atoms with Crippen molar-refractivity contribution < 1.29 is 35.1 Å². The van der Waals surface area contributed by atoms with Crippen molar-refractivity contribution in [1.29, 1.82) is 0 Å². The minimum absolute atomic E-state index is 0.190. The molecule has 3 N–H and O–H groups in total. The van der Waals surface area contributed by atoms with Crippen LogP contribution in [0.3, 0.4) is 0 Å². The molecule has 0 aliphatic rings. The van der Waals surface area contributed by atoms with Crippen molar-refractivity contribution in [2.24, 2.45) is 0 Å². The van der Waals surface area contributed by atoms with Gasteiger partial charge < -0.3 is 25.4 Å². The molecule has 0 aliphatic heterocycles. The molecule has 0 spiro atoms. The normalized spacial score (nSPS) is 17.2. The highest BCUT2D eigenvalue weighted by Gasteiger charge is 2.09. The number of carbonyl (C=O) groups excluding carboxylic acids is 1. The Balaban J connectivity index is 1.87. The molecule has 0 atom stereocenters. The lowest BCUT2D eigenvalue weighted by Crippen LogP contribution is -2.07. The van der Waals surface area contributed by atoms with Crippen LogP contribution in [0.1, 0.15) is 16.4 Å². The van der Waals surface area contributed by atoms with Gasteiger partial charge in [-0.05, 0) is 48.5 Å². The first-order valence-electron chi connectivity index (χ1n) is 14.4. The Morgan fingerprint density at radius 3 is 2.84 bits per heavy atom. The number of benzene rings is 2. The van der Waals surface area contributed by atoms with Crippen LogP contribution in [0, 0.1) is 5.82 Å². The fourth-order valence-corrected chi connectivity index (χ4v) is 2.07. The number of aromatic nitrogens is 2. The molecule has 0 saturated carbocycles. The molecule has 9 heteroatoms. The summed E-state index contributed by atoms with van der Waals surface area (Å²) in [7, 11) is -3.24. The van der Waals surface area contributed by atoms with Crippen LogP contribution in [0.4, 0.5) is 33.2 Å². The van der Waals surface area contributed by atoms with Gasteiger partial charge in [0, 0.05) is 24.1 Å². The van der Waals surface area contributed by atoms with E-state index in [-0.39, 0.29) is 17.4 Å². The van der Waals surface area contributed by atoms with E-state index in [2.05, 4.69) is 37.2 Å². The van der Waals surface area contributed by atoms with E-state index in [4.69, 9.17) is 21.2 Å². The average Bonchev–Trinajstić information content (AvgIpc) is 2.89. The Hall–Kier alpha value is -3.98. The first-order valence-corrected chi connectivity index (χ1v) is 8.37. The van der Waals surface area contributed by atoms with Gasteiger partial charge in [-0.15, -0.1) is 0 Å². The topological polar surface area (TPSA) is 97.4 Å². The Morgan fingerprint density at radius 1 is 1.26 bits per heavy atom. The fraction of sp³-hybridized carbons (Fsp3) is 0.136. The fourth-order valence-electron chi connectivity index (χ4n) is 2.07. The van der Waals surface area contributed by atoms with Crippen molar-refractivity contribution in [2.45, 2.75) is 0 Å². The third kappa shape index (κ3) is 6.51. The predicted molar refractivity (Wildman–Crippen MR) is 118 cm³/mol. The molecule has 31 heavy (non-hydrogen) atoms. The zero-order chi connectivity index (χ0) is 32.5. The third-order valence-electron chi connectivity index (χ3n) is 3.36. The van der Waals surface area contributed by atoms with Crippen LogP contribution in [0.5, 0.6) is 5.75 Å². The van der Waals surface area contributed by atoms with Gasteiger partial charge in [0.15, 0.2) is 11.6 Å². The highest BCUT2D eigenvalue weighted by molar-refractivity contribution is 5.99. The van der Waals surface area contributed by atoms with E-state index in [9.17, 15) is 9.18 Å². The van der Waals surface area contributed by atoms with Crippen LogP contribution in [0.15, 0.2) is 67.3 Å². The Kier molecular flexibility index (Phi) is 3.75. The number of nitrogens with zero attached hydrogens (tertiary/aromatic N) is 2. The first-order chi connectivity index (χ1) is 19.8. The Morgan fingerprint density at radius 2 is 2.06 bits per heavy atom. The van der Waals surface area contributed by atoms with Crippen LogP contribution in [0.2, 0.25) is 0 Å². The van der Waals surface area contributed by atoms with Crippen LogP contribution >= 0.6 is 0 Å². The lowest BCUT2D eigenvalue weighted by Gasteiger charge is -2.11. The third-order valence-corrected chi connectivity index (χ3v) is 3.36. The summed E-state index contributed by atoms with van der Waals surface area (Å²) in [6.07, 6.45) is -0.0495. The first kappa shape index (κ1) is 10.9. The van der Waals surface area contributed by atoms with E-state index in [1.54, 1.807) is 0 Å². The summed E-state index contributed by atoms with van der Waals surface area (Å²) >= 11 is 0. The lowest BCUT2D eigenvalue weighted by atomic mass is 10.2. The molecule has 1 aromatic heterocycles. The molecule has 0 unspecified atom stereocenters. The van der Waals surface area contributed by atoms with Crippen LogP contribution in [-0.4, -0.2) is 36.0 Å². The quantitative estimate of drug-likeness (QED) is 0.410. The Labute approximate surface area is 196 Å². The molecule has 0 saturated heterocycles. The number of hydrogen-bond acceptors (Lipinski definition) is 7. The SMILES string of the molecule is [2H]c1nc(Nc2ccc(OC([2H])([2H])C([2H])([2H])OC([2H])([2H])[2H])cc2)nc(Nc2c([2H])c([2H])c([2H])c(NC(=O)C=C)c2[2H])c1F. The second-order valence-corrected chi connectivity index (χ2v) is 5.45. The van der Waals surface area contributed by atoms with Gasteiger partial charge in [-0.3, -0.25) is 4.79 Å². The second kappa shape index (κ2) is 10.7. The van der Waals surface area contributed by atoms with Crippen molar-refractivity contribution in [3.8, 4) is 5.75 Å². The van der Waals surface area contributed by atoms with Crippen molar-refractivity contribution in [1.82, 2.24) is 9.97 Å². The number of rotatable bonds is 10. The smallest absolute Gasteiger partial charge is 0.247 e. The van der Waals surface area contributed by atoms with Gasteiger partial charge in [0.1, 0.15) is 12.3 Å². The monoisotopic (exact) mass is 435 g/mol. The molecule has 0 aliphatic carbocycles. The molecular weight excluding hydrogens is 401 g/mol. The van der Waals surface area contributed by atoms with Gasteiger partial charge >= 0.3 is 0 Å². The predicted octanol–water partition coefficient (Wildman–Crippen LogP) is 4.25. The minimum atomic E-state index is -3.36. The maximum atomic E-state index is 14.8. The summed E-state index contributed by atoms with van der Waals surface area (Å²) in [5.41, 5.74) is -0.756. The highest BCUT2D eigenvalue weighted by atomic mass is 19.1. The maximum Gasteiger partial charge on any atom is 0.247 e. The number of hydrogen-bond donors (Lipinski definition) is 3. The van der Waals surface area contributed by atoms with E-state index < -0.39 is 79.4 Å². The van der Waals surface area contributed by atoms with Crippen molar-refractivity contribution >= 4 is 34.7 Å². The molecule has 3 aromatic rings. The van der Waals surface area contributed by atoms with Gasteiger partial charge in [0.25, 0.3) is 0 Å².